The Bertz CT molecular complexity index is 1010. The van der Waals surface area contributed by atoms with Gasteiger partial charge in [-0.15, -0.1) is 0 Å². The summed E-state index contributed by atoms with van der Waals surface area (Å²) in [6.07, 6.45) is 0. The Morgan fingerprint density at radius 1 is 1.07 bits per heavy atom. The van der Waals surface area contributed by atoms with Gasteiger partial charge in [0.25, 0.3) is 11.7 Å². The lowest BCUT2D eigenvalue weighted by molar-refractivity contribution is -0.342. The van der Waals surface area contributed by atoms with E-state index in [2.05, 4.69) is 4.99 Å². The van der Waals surface area contributed by atoms with Crippen molar-refractivity contribution in [2.45, 2.75) is 0 Å². The zero-order chi connectivity index (χ0) is 19.7. The number of hydrogen-bond acceptors (Lipinski definition) is 6. The summed E-state index contributed by atoms with van der Waals surface area (Å²) in [5.41, 5.74) is 5.81. The Labute approximate surface area is 153 Å². The molecule has 0 fully saturated rings. The molecule has 1 aliphatic rings. The van der Waals surface area contributed by atoms with Crippen LogP contribution in [-0.4, -0.2) is 56.1 Å². The summed E-state index contributed by atoms with van der Waals surface area (Å²) in [5, 5.41) is 19.0. The van der Waals surface area contributed by atoms with Crippen LogP contribution in [0.15, 0.2) is 53.5 Å². The molecule has 0 bridgehead atoms. The van der Waals surface area contributed by atoms with Crippen molar-refractivity contribution in [3.63, 3.8) is 0 Å². The maximum Gasteiger partial charge on any atom is 0.451 e. The maximum atomic E-state index is 12.5. The predicted octanol–water partition coefficient (Wildman–Crippen LogP) is 0.972. The number of carbonyl (C=O) groups is 3. The number of nitrogens with zero attached hydrogens (tertiary/aromatic N) is 3. The number of aliphatic imine (C=N–C) groups is 1. The number of rotatable bonds is 2. The molecule has 9 heteroatoms. The quantitative estimate of drug-likeness (QED) is 0.677. The molecule has 2 aromatic rings. The number of hydrogen-bond donors (Lipinski definition) is 3. The van der Waals surface area contributed by atoms with E-state index >= 15 is 0 Å². The Kier molecular flexibility index (Phi) is 4.43. The molecule has 0 aliphatic carbocycles. The highest BCUT2D eigenvalue weighted by molar-refractivity contribution is 6.68. The molecule has 0 spiro atoms. The van der Waals surface area contributed by atoms with Gasteiger partial charge < -0.3 is 15.9 Å². The van der Waals surface area contributed by atoms with Gasteiger partial charge in [-0.3, -0.25) is 4.79 Å². The Hall–Kier alpha value is -4.01. The van der Waals surface area contributed by atoms with Crippen molar-refractivity contribution in [1.82, 2.24) is 4.90 Å². The molecule has 27 heavy (non-hydrogen) atoms. The van der Waals surface area contributed by atoms with E-state index in [0.717, 1.165) is 27.7 Å². The molecule has 0 aromatic heterocycles. The molecule has 0 radical (unpaired) electrons. The van der Waals surface area contributed by atoms with Gasteiger partial charge in [0.2, 0.25) is 5.71 Å². The third-order valence-corrected chi connectivity index (χ3v) is 3.85. The van der Waals surface area contributed by atoms with Crippen LogP contribution in [0.1, 0.15) is 10.4 Å². The summed E-state index contributed by atoms with van der Waals surface area (Å²) in [5.74, 6) is -2.75. The van der Waals surface area contributed by atoms with Crippen molar-refractivity contribution in [2.24, 2.45) is 10.7 Å². The molecule has 136 valence electrons. The van der Waals surface area contributed by atoms with Gasteiger partial charge in [-0.25, -0.2) is 9.59 Å². The van der Waals surface area contributed by atoms with Gasteiger partial charge in [-0.05, 0) is 24.3 Å². The lowest BCUT2D eigenvalue weighted by atomic mass is 10.1. The van der Waals surface area contributed by atoms with Crippen molar-refractivity contribution in [2.75, 3.05) is 7.05 Å². The van der Waals surface area contributed by atoms with Crippen LogP contribution < -0.4 is 5.73 Å². The van der Waals surface area contributed by atoms with Gasteiger partial charge in [-0.2, -0.15) is 14.5 Å². The highest BCUT2D eigenvalue weighted by Crippen LogP contribution is 2.21. The standard InChI is InChI=1S/C18H14N4O5/c1-21-17(26)14(20-16(25)10-7-12(23)9-13(24)8-10)15(19)22(18(21)27)11-5-3-2-4-6-11/h2-9,19,23-24H,1H3/p+1. The van der Waals surface area contributed by atoms with Gasteiger partial charge in [0.05, 0.1) is 7.05 Å². The summed E-state index contributed by atoms with van der Waals surface area (Å²) in [7, 11) is 1.24. The molecule has 0 saturated heterocycles. The third-order valence-electron chi connectivity index (χ3n) is 3.85. The first-order valence-electron chi connectivity index (χ1n) is 7.75. The molecule has 3 rings (SSSR count). The topological polar surface area (TPSA) is 136 Å². The first kappa shape index (κ1) is 17.8. The van der Waals surface area contributed by atoms with E-state index < -0.39 is 23.6 Å². The summed E-state index contributed by atoms with van der Waals surface area (Å²) in [4.78, 5) is 41.8. The van der Waals surface area contributed by atoms with Gasteiger partial charge in [0.15, 0.2) is 0 Å². The largest absolute Gasteiger partial charge is 0.508 e. The van der Waals surface area contributed by atoms with Crippen molar-refractivity contribution < 1.29 is 29.2 Å². The minimum absolute atomic E-state index is 0.147. The second kappa shape index (κ2) is 6.71. The van der Waals surface area contributed by atoms with Crippen LogP contribution in [0.5, 0.6) is 11.5 Å². The molecular weight excluding hydrogens is 352 g/mol. The van der Waals surface area contributed by atoms with E-state index in [1.54, 1.807) is 30.3 Å². The summed E-state index contributed by atoms with van der Waals surface area (Å²) < 4.78 is 1.06. The molecule has 0 atom stereocenters. The minimum atomic E-state index is -0.914. The number of imide groups is 1. The summed E-state index contributed by atoms with van der Waals surface area (Å²) in [6.45, 7) is 0. The zero-order valence-corrected chi connectivity index (χ0v) is 14.2. The molecule has 4 amide bonds. The van der Waals surface area contributed by atoms with E-state index in [0.29, 0.717) is 5.69 Å². The lowest BCUT2D eigenvalue weighted by Gasteiger charge is -2.20. The molecular formula is C18H15N4O5+. The average molecular weight is 367 g/mol. The van der Waals surface area contributed by atoms with E-state index in [1.807, 2.05) is 0 Å². The zero-order valence-electron chi connectivity index (χ0n) is 14.2. The molecule has 1 heterocycles. The number of amides is 4. The number of para-hydroxylation sites is 1. The maximum absolute atomic E-state index is 12.5. The van der Waals surface area contributed by atoms with Crippen LogP contribution in [0.2, 0.25) is 0 Å². The number of urea groups is 1. The van der Waals surface area contributed by atoms with Crippen LogP contribution in [0.4, 0.5) is 10.5 Å². The SMILES string of the molecule is CN1C(=O)C(=NC(=O)c2cc(O)cc(O)c2)C(N)=[N+](c2ccccc2)C1=O. The molecule has 4 N–H and O–H groups in total. The monoisotopic (exact) mass is 367 g/mol. The average Bonchev–Trinajstić information content (AvgIpc) is 2.63. The number of phenols is 2. The molecule has 1 aliphatic heterocycles. The first-order valence-corrected chi connectivity index (χ1v) is 7.75. The fourth-order valence-electron chi connectivity index (χ4n) is 2.53. The Morgan fingerprint density at radius 2 is 1.67 bits per heavy atom. The minimum Gasteiger partial charge on any atom is -0.508 e. The lowest BCUT2D eigenvalue weighted by Crippen LogP contribution is -2.55. The highest BCUT2D eigenvalue weighted by Gasteiger charge is 2.42. The fourth-order valence-corrected chi connectivity index (χ4v) is 2.53. The van der Waals surface area contributed by atoms with Crippen LogP contribution in [0.25, 0.3) is 0 Å². The Morgan fingerprint density at radius 3 is 2.26 bits per heavy atom. The third kappa shape index (κ3) is 3.25. The second-order valence-electron chi connectivity index (χ2n) is 5.71. The van der Waals surface area contributed by atoms with Crippen LogP contribution in [0, 0.1) is 0 Å². The van der Waals surface area contributed by atoms with Crippen LogP contribution >= 0.6 is 0 Å². The van der Waals surface area contributed by atoms with E-state index in [4.69, 9.17) is 5.73 Å². The predicted molar refractivity (Wildman–Crippen MR) is 95.3 cm³/mol. The summed E-state index contributed by atoms with van der Waals surface area (Å²) in [6, 6.07) is 10.9. The molecule has 9 nitrogen and oxygen atoms in total. The van der Waals surface area contributed by atoms with Crippen LogP contribution in [0.3, 0.4) is 0 Å². The van der Waals surface area contributed by atoms with Crippen molar-refractivity contribution in [3.8, 4) is 11.5 Å². The first-order chi connectivity index (χ1) is 12.8. The van der Waals surface area contributed by atoms with E-state index in [1.165, 1.54) is 7.05 Å². The van der Waals surface area contributed by atoms with Gasteiger partial charge in [-0.1, -0.05) is 18.2 Å². The second-order valence-corrected chi connectivity index (χ2v) is 5.71. The van der Waals surface area contributed by atoms with Gasteiger partial charge >= 0.3 is 11.9 Å². The van der Waals surface area contributed by atoms with Crippen molar-refractivity contribution >= 4 is 35.1 Å². The van der Waals surface area contributed by atoms with E-state index in [9.17, 15) is 24.6 Å². The van der Waals surface area contributed by atoms with Crippen LogP contribution in [-0.2, 0) is 4.79 Å². The number of aromatic hydroxyl groups is 2. The highest BCUT2D eigenvalue weighted by atomic mass is 16.3. The molecule has 0 unspecified atom stereocenters. The number of benzene rings is 2. The van der Waals surface area contributed by atoms with Crippen molar-refractivity contribution in [1.29, 1.82) is 0 Å². The molecule has 2 aromatic carbocycles. The van der Waals surface area contributed by atoms with Gasteiger partial charge in [0, 0.05) is 11.6 Å². The molecule has 0 saturated carbocycles. The van der Waals surface area contributed by atoms with Crippen molar-refractivity contribution in [3.05, 3.63) is 54.1 Å². The summed E-state index contributed by atoms with van der Waals surface area (Å²) >= 11 is 0. The Balaban J connectivity index is 2.13. The normalized spacial score (nSPS) is 16.2. The number of phenolic OH excluding ortho intramolecular Hbond substituents is 2. The van der Waals surface area contributed by atoms with Gasteiger partial charge in [0.1, 0.15) is 17.2 Å². The van der Waals surface area contributed by atoms with E-state index in [-0.39, 0.29) is 22.9 Å². The smallest absolute Gasteiger partial charge is 0.451 e. The number of carbonyl (C=O) groups excluding carboxylic acids is 3. The number of amidine groups is 1. The number of nitrogens with two attached hydrogens (primary N) is 1. The fraction of sp³-hybridized carbons (Fsp3) is 0.0556.